The Bertz CT molecular complexity index is 264. The van der Waals surface area contributed by atoms with Crippen molar-refractivity contribution in [1.82, 2.24) is 0 Å². The lowest BCUT2D eigenvalue weighted by atomic mass is 10.0. The number of hydrogen-bond acceptors (Lipinski definition) is 2. The molecule has 3 nitrogen and oxygen atoms in total. The van der Waals surface area contributed by atoms with Gasteiger partial charge in [0.25, 0.3) is 0 Å². The van der Waals surface area contributed by atoms with Gasteiger partial charge < -0.3 is 9.84 Å². The van der Waals surface area contributed by atoms with Crippen LogP contribution in [0.25, 0.3) is 0 Å². The molecule has 1 aliphatic carbocycles. The highest BCUT2D eigenvalue weighted by atomic mass is 16.5. The van der Waals surface area contributed by atoms with Crippen molar-refractivity contribution in [3.05, 3.63) is 23.5 Å². The molecule has 0 radical (unpaired) electrons. The van der Waals surface area contributed by atoms with Crippen molar-refractivity contribution in [1.29, 1.82) is 0 Å². The number of hydrogen-bond donors (Lipinski definition) is 1. The molecule has 0 aliphatic heterocycles. The van der Waals surface area contributed by atoms with Crippen LogP contribution >= 0.6 is 0 Å². The van der Waals surface area contributed by atoms with Gasteiger partial charge in [-0.3, -0.25) is 0 Å². The van der Waals surface area contributed by atoms with Gasteiger partial charge in [-0.25, -0.2) is 4.79 Å². The van der Waals surface area contributed by atoms with Gasteiger partial charge in [0, 0.05) is 12.0 Å². The van der Waals surface area contributed by atoms with E-state index in [1.54, 1.807) is 12.2 Å². The van der Waals surface area contributed by atoms with Crippen LogP contribution < -0.4 is 0 Å². The summed E-state index contributed by atoms with van der Waals surface area (Å²) in [6, 6.07) is 0. The molecule has 1 aliphatic rings. The Kier molecular flexibility index (Phi) is 4.23. The van der Waals surface area contributed by atoms with E-state index in [1.165, 1.54) is 0 Å². The fourth-order valence-electron chi connectivity index (χ4n) is 1.26. The van der Waals surface area contributed by atoms with Gasteiger partial charge in [-0.1, -0.05) is 13.3 Å². The number of rotatable bonds is 5. The fraction of sp³-hybridized carbons (Fsp3) is 0.545. The molecule has 1 N–H and O–H groups in total. The maximum atomic E-state index is 10.6. The Hall–Kier alpha value is -1.25. The van der Waals surface area contributed by atoms with Gasteiger partial charge >= 0.3 is 5.97 Å². The zero-order chi connectivity index (χ0) is 10.4. The molecule has 0 saturated carbocycles. The molecule has 0 bridgehead atoms. The van der Waals surface area contributed by atoms with Crippen LogP contribution in [0, 0.1) is 0 Å². The molecule has 0 aromatic rings. The van der Waals surface area contributed by atoms with E-state index in [-0.39, 0.29) is 0 Å². The summed E-state index contributed by atoms with van der Waals surface area (Å²) in [6.07, 6.45) is 6.85. The first-order chi connectivity index (χ1) is 6.74. The summed E-state index contributed by atoms with van der Waals surface area (Å²) < 4.78 is 5.48. The second-order valence-electron chi connectivity index (χ2n) is 3.33. The average molecular weight is 196 g/mol. The zero-order valence-electron chi connectivity index (χ0n) is 8.45. The van der Waals surface area contributed by atoms with Crippen LogP contribution in [-0.2, 0) is 9.53 Å². The van der Waals surface area contributed by atoms with Crippen LogP contribution in [-0.4, -0.2) is 17.7 Å². The highest BCUT2D eigenvalue weighted by Gasteiger charge is 2.12. The fourth-order valence-corrected chi connectivity index (χ4v) is 1.26. The number of carbonyl (C=O) groups is 1. The summed E-state index contributed by atoms with van der Waals surface area (Å²) in [4.78, 5) is 10.6. The van der Waals surface area contributed by atoms with Crippen LogP contribution in [0.4, 0.5) is 0 Å². The van der Waals surface area contributed by atoms with Crippen LogP contribution in [0.5, 0.6) is 0 Å². The number of carboxylic acid groups (broad SMARTS) is 1. The van der Waals surface area contributed by atoms with Crippen LogP contribution in [0.1, 0.15) is 32.6 Å². The number of allylic oxidation sites excluding steroid dienone is 3. The Morgan fingerprint density at radius 2 is 2.29 bits per heavy atom. The first-order valence-corrected chi connectivity index (χ1v) is 5.00. The third-order valence-corrected chi connectivity index (χ3v) is 2.17. The Morgan fingerprint density at radius 3 is 2.79 bits per heavy atom. The SMILES string of the molecule is CCCCOC1=CC=C(C(=O)O)CC1. The molecule has 14 heavy (non-hydrogen) atoms. The van der Waals surface area contributed by atoms with E-state index >= 15 is 0 Å². The lowest BCUT2D eigenvalue weighted by Gasteiger charge is -2.13. The quantitative estimate of drug-likeness (QED) is 0.687. The molecule has 0 spiro atoms. The second kappa shape index (κ2) is 5.47. The summed E-state index contributed by atoms with van der Waals surface area (Å²) in [7, 11) is 0. The number of ether oxygens (including phenoxy) is 1. The van der Waals surface area contributed by atoms with Crippen LogP contribution in [0.3, 0.4) is 0 Å². The second-order valence-corrected chi connectivity index (χ2v) is 3.33. The third kappa shape index (κ3) is 3.24. The van der Waals surface area contributed by atoms with Crippen molar-refractivity contribution in [2.45, 2.75) is 32.6 Å². The van der Waals surface area contributed by atoms with E-state index in [9.17, 15) is 4.79 Å². The van der Waals surface area contributed by atoms with Crippen molar-refractivity contribution < 1.29 is 14.6 Å². The molecule has 0 aromatic heterocycles. The Morgan fingerprint density at radius 1 is 1.50 bits per heavy atom. The molecule has 1 rings (SSSR count). The predicted molar refractivity (Wildman–Crippen MR) is 53.9 cm³/mol. The number of unbranched alkanes of at least 4 members (excludes halogenated alkanes) is 1. The Balaban J connectivity index is 2.39. The zero-order valence-corrected chi connectivity index (χ0v) is 8.45. The van der Waals surface area contributed by atoms with E-state index in [0.717, 1.165) is 25.2 Å². The molecule has 3 heteroatoms. The summed E-state index contributed by atoms with van der Waals surface area (Å²) in [6.45, 7) is 2.85. The van der Waals surface area contributed by atoms with Gasteiger partial charge in [0.2, 0.25) is 0 Å². The molecular weight excluding hydrogens is 180 g/mol. The molecular formula is C11H16O3. The van der Waals surface area contributed by atoms with E-state index in [2.05, 4.69) is 6.92 Å². The lowest BCUT2D eigenvalue weighted by molar-refractivity contribution is -0.132. The molecule has 0 fully saturated rings. The van der Waals surface area contributed by atoms with Gasteiger partial charge in [-0.15, -0.1) is 0 Å². The first kappa shape index (κ1) is 10.8. The smallest absolute Gasteiger partial charge is 0.331 e. The van der Waals surface area contributed by atoms with Gasteiger partial charge in [0.15, 0.2) is 0 Å². The lowest BCUT2D eigenvalue weighted by Crippen LogP contribution is -2.05. The molecule has 78 valence electrons. The highest BCUT2D eigenvalue weighted by molar-refractivity contribution is 5.87. The average Bonchev–Trinajstić information content (AvgIpc) is 2.19. The summed E-state index contributed by atoms with van der Waals surface area (Å²) >= 11 is 0. The van der Waals surface area contributed by atoms with E-state index in [0.29, 0.717) is 18.4 Å². The Labute approximate surface area is 84.1 Å². The molecule has 0 amide bonds. The first-order valence-electron chi connectivity index (χ1n) is 5.00. The summed E-state index contributed by atoms with van der Waals surface area (Å²) in [5.41, 5.74) is 0.466. The van der Waals surface area contributed by atoms with E-state index in [1.807, 2.05) is 0 Å². The minimum absolute atomic E-state index is 0.466. The van der Waals surface area contributed by atoms with Crippen LogP contribution in [0.15, 0.2) is 23.5 Å². The standard InChI is InChI=1S/C11H16O3/c1-2-3-8-14-10-6-4-9(5-7-10)11(12)13/h4,6H,2-3,5,7-8H2,1H3,(H,12,13). The topological polar surface area (TPSA) is 46.5 Å². The van der Waals surface area contributed by atoms with Crippen molar-refractivity contribution in [3.8, 4) is 0 Å². The number of aliphatic carboxylic acids is 1. The largest absolute Gasteiger partial charge is 0.498 e. The van der Waals surface area contributed by atoms with Gasteiger partial charge in [-0.05, 0) is 25.0 Å². The van der Waals surface area contributed by atoms with E-state index in [4.69, 9.17) is 9.84 Å². The maximum absolute atomic E-state index is 10.6. The summed E-state index contributed by atoms with van der Waals surface area (Å²) in [5, 5.41) is 8.70. The van der Waals surface area contributed by atoms with Crippen molar-refractivity contribution in [2.24, 2.45) is 0 Å². The molecule has 0 unspecified atom stereocenters. The minimum Gasteiger partial charge on any atom is -0.498 e. The minimum atomic E-state index is -0.825. The van der Waals surface area contributed by atoms with Crippen molar-refractivity contribution in [2.75, 3.05) is 6.61 Å². The van der Waals surface area contributed by atoms with Gasteiger partial charge in [0.05, 0.1) is 12.4 Å². The van der Waals surface area contributed by atoms with Crippen molar-refractivity contribution >= 4 is 5.97 Å². The van der Waals surface area contributed by atoms with Gasteiger partial charge in [-0.2, -0.15) is 0 Å². The molecule has 0 aromatic carbocycles. The van der Waals surface area contributed by atoms with Gasteiger partial charge in [0.1, 0.15) is 0 Å². The molecule has 0 atom stereocenters. The molecule has 0 saturated heterocycles. The predicted octanol–water partition coefficient (Wildman–Crippen LogP) is 2.49. The van der Waals surface area contributed by atoms with E-state index < -0.39 is 5.97 Å². The highest BCUT2D eigenvalue weighted by Crippen LogP contribution is 2.19. The maximum Gasteiger partial charge on any atom is 0.331 e. The normalized spacial score (nSPS) is 15.8. The monoisotopic (exact) mass is 196 g/mol. The molecule has 0 heterocycles. The summed E-state index contributed by atoms with van der Waals surface area (Å²) in [5.74, 6) is 0.0808. The third-order valence-electron chi connectivity index (χ3n) is 2.17. The van der Waals surface area contributed by atoms with Crippen LogP contribution in [0.2, 0.25) is 0 Å². The van der Waals surface area contributed by atoms with Crippen molar-refractivity contribution in [3.63, 3.8) is 0 Å². The number of carboxylic acids is 1.